The molecule has 0 saturated carbocycles. The molecule has 2 aromatic carbocycles. The fourth-order valence-electron chi connectivity index (χ4n) is 3.16. The van der Waals surface area contributed by atoms with Gasteiger partial charge in [0.2, 0.25) is 0 Å². The van der Waals surface area contributed by atoms with Gasteiger partial charge in [0.1, 0.15) is 28.6 Å². The molecule has 1 aliphatic heterocycles. The predicted octanol–water partition coefficient (Wildman–Crippen LogP) is 3.27. The number of hydrogen-bond donors (Lipinski definition) is 3. The van der Waals surface area contributed by atoms with Crippen molar-refractivity contribution in [3.05, 3.63) is 83.4 Å². The predicted molar refractivity (Wildman–Crippen MR) is 107 cm³/mol. The molecule has 1 atom stereocenters. The van der Waals surface area contributed by atoms with Gasteiger partial charge in [0.05, 0.1) is 19.3 Å². The summed E-state index contributed by atoms with van der Waals surface area (Å²) in [5.74, 6) is -1.17. The van der Waals surface area contributed by atoms with Crippen LogP contribution in [0.1, 0.15) is 22.0 Å². The number of rotatable bonds is 5. The number of carbonyl (C=O) groups is 2. The van der Waals surface area contributed by atoms with E-state index in [0.717, 1.165) is 0 Å². The summed E-state index contributed by atoms with van der Waals surface area (Å²) >= 11 is 0. The molecule has 0 fully saturated rings. The maximum Gasteiger partial charge on any atom is 0.352 e. The molecule has 1 amide bonds. The Balaban J connectivity index is 1.68. The molecular formula is C21H17FN4O4. The maximum atomic E-state index is 13.3. The number of halogens is 1. The second-order valence-electron chi connectivity index (χ2n) is 6.54. The van der Waals surface area contributed by atoms with Crippen LogP contribution in [0.25, 0.3) is 0 Å². The third-order valence-corrected chi connectivity index (χ3v) is 4.67. The van der Waals surface area contributed by atoms with Crippen molar-refractivity contribution >= 4 is 23.4 Å². The first-order valence-electron chi connectivity index (χ1n) is 8.97. The van der Waals surface area contributed by atoms with Crippen LogP contribution >= 0.6 is 0 Å². The van der Waals surface area contributed by atoms with Gasteiger partial charge in [-0.2, -0.15) is 5.10 Å². The number of carboxylic acid groups (broad SMARTS) is 1. The van der Waals surface area contributed by atoms with E-state index in [4.69, 9.17) is 4.74 Å². The number of nitrogens with zero attached hydrogens (tertiary/aromatic N) is 2. The molecule has 0 bridgehead atoms. The van der Waals surface area contributed by atoms with Crippen molar-refractivity contribution in [2.45, 2.75) is 6.04 Å². The first-order chi connectivity index (χ1) is 14.5. The van der Waals surface area contributed by atoms with Crippen LogP contribution in [0, 0.1) is 5.82 Å². The van der Waals surface area contributed by atoms with Gasteiger partial charge in [0, 0.05) is 5.69 Å². The summed E-state index contributed by atoms with van der Waals surface area (Å²) in [5, 5.41) is 19.3. The Bertz CT molecular complexity index is 1140. The third-order valence-electron chi connectivity index (χ3n) is 4.67. The van der Waals surface area contributed by atoms with E-state index >= 15 is 0 Å². The quantitative estimate of drug-likeness (QED) is 0.598. The highest BCUT2D eigenvalue weighted by molar-refractivity contribution is 6.08. The van der Waals surface area contributed by atoms with Gasteiger partial charge in [-0.15, -0.1) is 0 Å². The van der Waals surface area contributed by atoms with Crippen LogP contribution in [0.5, 0.6) is 5.75 Å². The van der Waals surface area contributed by atoms with Crippen molar-refractivity contribution in [1.82, 2.24) is 9.78 Å². The average Bonchev–Trinajstić information content (AvgIpc) is 3.18. The summed E-state index contributed by atoms with van der Waals surface area (Å²) in [6.45, 7) is 0. The van der Waals surface area contributed by atoms with Crippen LogP contribution in [0.15, 0.2) is 66.5 Å². The summed E-state index contributed by atoms with van der Waals surface area (Å²) in [6, 6.07) is 11.8. The Morgan fingerprint density at radius 3 is 2.50 bits per heavy atom. The average molecular weight is 408 g/mol. The number of anilines is 2. The lowest BCUT2D eigenvalue weighted by molar-refractivity contribution is -0.132. The minimum absolute atomic E-state index is 0.101. The monoisotopic (exact) mass is 408 g/mol. The number of methoxy groups -OCH3 is 1. The zero-order valence-corrected chi connectivity index (χ0v) is 15.8. The third kappa shape index (κ3) is 3.60. The highest BCUT2D eigenvalue weighted by atomic mass is 19.1. The lowest BCUT2D eigenvalue weighted by atomic mass is 10.0. The van der Waals surface area contributed by atoms with E-state index in [9.17, 15) is 19.1 Å². The fourth-order valence-corrected chi connectivity index (χ4v) is 3.16. The number of nitrogens with one attached hydrogen (secondary N) is 2. The standard InChI is InChI=1S/C21H17FN4O4/c1-30-15-8-6-14(7-9-15)24-20(27)16-11-23-26-18(12-2-4-13(22)5-3-12)10-17(21(28)29)25-19(16)26/h2-11,18,25H,1H3,(H,24,27)(H,28,29). The molecule has 3 N–H and O–H groups in total. The lowest BCUT2D eigenvalue weighted by Crippen LogP contribution is -2.25. The van der Waals surface area contributed by atoms with Crippen LogP contribution in [0.4, 0.5) is 15.9 Å². The molecule has 0 spiro atoms. The summed E-state index contributed by atoms with van der Waals surface area (Å²) in [4.78, 5) is 24.4. The van der Waals surface area contributed by atoms with Gasteiger partial charge >= 0.3 is 5.97 Å². The van der Waals surface area contributed by atoms with E-state index in [2.05, 4.69) is 15.7 Å². The first kappa shape index (κ1) is 19.2. The normalized spacial score (nSPS) is 14.9. The number of carbonyl (C=O) groups excluding carboxylic acids is 1. The molecule has 0 radical (unpaired) electrons. The molecule has 1 aliphatic rings. The van der Waals surface area contributed by atoms with Gasteiger partial charge in [0.15, 0.2) is 0 Å². The van der Waals surface area contributed by atoms with E-state index in [1.165, 1.54) is 29.1 Å². The van der Waals surface area contributed by atoms with E-state index in [1.807, 2.05) is 0 Å². The highest BCUT2D eigenvalue weighted by Gasteiger charge is 2.29. The summed E-state index contributed by atoms with van der Waals surface area (Å²) < 4.78 is 19.9. The van der Waals surface area contributed by atoms with Gasteiger partial charge in [-0.25, -0.2) is 13.9 Å². The molecule has 2 heterocycles. The molecule has 0 saturated heterocycles. The second kappa shape index (κ2) is 7.70. The molecule has 4 rings (SSSR count). The Morgan fingerprint density at radius 1 is 1.17 bits per heavy atom. The Hall–Kier alpha value is -4.14. The summed E-state index contributed by atoms with van der Waals surface area (Å²) in [7, 11) is 1.55. The van der Waals surface area contributed by atoms with Crippen LogP contribution in [-0.4, -0.2) is 33.9 Å². The fraction of sp³-hybridized carbons (Fsp3) is 0.0952. The Labute approximate surface area is 170 Å². The highest BCUT2D eigenvalue weighted by Crippen LogP contribution is 2.32. The van der Waals surface area contributed by atoms with Gasteiger partial charge in [-0.05, 0) is 48.0 Å². The van der Waals surface area contributed by atoms with Crippen molar-refractivity contribution in [2.24, 2.45) is 0 Å². The number of hydrogen-bond acceptors (Lipinski definition) is 5. The minimum Gasteiger partial charge on any atom is -0.497 e. The zero-order chi connectivity index (χ0) is 21.3. The molecule has 8 nitrogen and oxygen atoms in total. The maximum absolute atomic E-state index is 13.3. The van der Waals surface area contributed by atoms with Crippen LogP contribution in [-0.2, 0) is 4.79 Å². The zero-order valence-electron chi connectivity index (χ0n) is 15.8. The largest absolute Gasteiger partial charge is 0.497 e. The molecule has 9 heteroatoms. The van der Waals surface area contributed by atoms with Crippen LogP contribution in [0.2, 0.25) is 0 Å². The SMILES string of the molecule is COc1ccc(NC(=O)c2cnn3c2NC(C(=O)O)=CC3c2ccc(F)cc2)cc1. The summed E-state index contributed by atoms with van der Waals surface area (Å²) in [5.41, 5.74) is 1.24. The number of allylic oxidation sites excluding steroid dienone is 1. The van der Waals surface area contributed by atoms with Gasteiger partial charge in [-0.1, -0.05) is 12.1 Å². The Morgan fingerprint density at radius 2 is 1.87 bits per heavy atom. The number of amides is 1. The number of benzene rings is 2. The van der Waals surface area contributed by atoms with Crippen molar-refractivity contribution in [2.75, 3.05) is 17.7 Å². The van der Waals surface area contributed by atoms with E-state index < -0.39 is 23.7 Å². The number of carboxylic acids is 1. The molecular weight excluding hydrogens is 391 g/mol. The first-order valence-corrected chi connectivity index (χ1v) is 8.97. The smallest absolute Gasteiger partial charge is 0.352 e. The van der Waals surface area contributed by atoms with Gasteiger partial charge < -0.3 is 20.5 Å². The van der Waals surface area contributed by atoms with E-state index in [1.54, 1.807) is 43.5 Å². The van der Waals surface area contributed by atoms with Crippen molar-refractivity contribution in [1.29, 1.82) is 0 Å². The van der Waals surface area contributed by atoms with E-state index in [0.29, 0.717) is 17.0 Å². The molecule has 1 unspecified atom stereocenters. The molecule has 1 aromatic heterocycles. The number of aromatic nitrogens is 2. The Kier molecular flexibility index (Phi) is 4.93. The van der Waals surface area contributed by atoms with Crippen molar-refractivity contribution < 1.29 is 23.8 Å². The number of fused-ring (bicyclic) bond motifs is 1. The van der Waals surface area contributed by atoms with Gasteiger partial charge in [0.25, 0.3) is 5.91 Å². The van der Waals surface area contributed by atoms with E-state index in [-0.39, 0.29) is 17.1 Å². The lowest BCUT2D eigenvalue weighted by Gasteiger charge is -2.24. The minimum atomic E-state index is -1.18. The molecule has 152 valence electrons. The number of ether oxygens (including phenoxy) is 1. The second-order valence-corrected chi connectivity index (χ2v) is 6.54. The van der Waals surface area contributed by atoms with Crippen molar-refractivity contribution in [3.8, 4) is 5.75 Å². The summed E-state index contributed by atoms with van der Waals surface area (Å²) in [6.07, 6.45) is 2.82. The molecule has 0 aliphatic carbocycles. The molecule has 30 heavy (non-hydrogen) atoms. The van der Waals surface area contributed by atoms with Crippen LogP contribution < -0.4 is 15.4 Å². The molecule has 3 aromatic rings. The van der Waals surface area contributed by atoms with Crippen LogP contribution in [0.3, 0.4) is 0 Å². The topological polar surface area (TPSA) is 105 Å². The van der Waals surface area contributed by atoms with Crippen molar-refractivity contribution in [3.63, 3.8) is 0 Å². The van der Waals surface area contributed by atoms with Gasteiger partial charge in [-0.3, -0.25) is 4.79 Å². The number of aliphatic carboxylic acids is 1.